The second kappa shape index (κ2) is 4.69. The van der Waals surface area contributed by atoms with Gasteiger partial charge < -0.3 is 0 Å². The molecular weight excluding hydrogens is 240 g/mol. The van der Waals surface area contributed by atoms with Gasteiger partial charge >= 0.3 is 5.69 Å². The first-order valence-corrected chi connectivity index (χ1v) is 6.39. The number of halogens is 1. The zero-order valence-corrected chi connectivity index (χ0v) is 10.9. The molecule has 4 nitrogen and oxygen atoms in total. The molecule has 1 N–H and O–H groups in total. The quantitative estimate of drug-likeness (QED) is 0.784. The van der Waals surface area contributed by atoms with Crippen molar-refractivity contribution in [2.75, 3.05) is 0 Å². The Balaban J connectivity index is 2.43. The van der Waals surface area contributed by atoms with Crippen LogP contribution in [0, 0.1) is 12.8 Å². The number of nitrogens with one attached hydrogen (secondary N) is 1. The summed E-state index contributed by atoms with van der Waals surface area (Å²) in [6.45, 7) is 3.85. The second-order valence-corrected chi connectivity index (χ2v) is 5.34. The topological polar surface area (TPSA) is 54.9 Å². The third kappa shape index (κ3) is 2.32. The molecule has 2 rings (SSSR count). The van der Waals surface area contributed by atoms with Gasteiger partial charge in [-0.25, -0.2) is 4.79 Å². The van der Waals surface area contributed by atoms with E-state index in [9.17, 15) is 9.59 Å². The summed E-state index contributed by atoms with van der Waals surface area (Å²) < 4.78 is 1.34. The maximum Gasteiger partial charge on any atom is 0.329 e. The highest BCUT2D eigenvalue weighted by atomic mass is 35.5. The van der Waals surface area contributed by atoms with Gasteiger partial charge in [-0.15, -0.1) is 0 Å². The Hall–Kier alpha value is -1.03. The zero-order chi connectivity index (χ0) is 12.6. The van der Waals surface area contributed by atoms with Crippen molar-refractivity contribution in [1.82, 2.24) is 9.55 Å². The van der Waals surface area contributed by atoms with E-state index in [1.807, 2.05) is 0 Å². The number of hydrogen-bond acceptors (Lipinski definition) is 2. The third-order valence-electron chi connectivity index (χ3n) is 3.65. The molecule has 0 saturated heterocycles. The first kappa shape index (κ1) is 12.4. The van der Waals surface area contributed by atoms with E-state index in [4.69, 9.17) is 11.6 Å². The van der Waals surface area contributed by atoms with Crippen LogP contribution in [-0.2, 0) is 0 Å². The molecular formula is C12H17ClN2O2. The average molecular weight is 257 g/mol. The van der Waals surface area contributed by atoms with Crippen LogP contribution in [0.3, 0.4) is 0 Å². The predicted octanol–water partition coefficient (Wildman–Crippen LogP) is 2.25. The van der Waals surface area contributed by atoms with Crippen LogP contribution in [0.1, 0.15) is 44.2 Å². The molecule has 1 saturated carbocycles. The summed E-state index contributed by atoms with van der Waals surface area (Å²) in [5, 5.41) is 0.153. The molecule has 1 aromatic rings. The Morgan fingerprint density at radius 3 is 2.41 bits per heavy atom. The summed E-state index contributed by atoms with van der Waals surface area (Å²) in [5.74, 6) is 0.689. The van der Waals surface area contributed by atoms with Crippen molar-refractivity contribution in [1.29, 1.82) is 0 Å². The predicted molar refractivity (Wildman–Crippen MR) is 67.7 cm³/mol. The largest absolute Gasteiger partial charge is 0.329 e. The number of nitrogens with zero attached hydrogens (tertiary/aromatic N) is 1. The lowest BCUT2D eigenvalue weighted by atomic mass is 9.87. The molecule has 1 aliphatic rings. The Labute approximate surface area is 105 Å². The molecule has 17 heavy (non-hydrogen) atoms. The number of aromatic amines is 1. The second-order valence-electron chi connectivity index (χ2n) is 4.96. The van der Waals surface area contributed by atoms with Crippen molar-refractivity contribution in [2.24, 2.45) is 5.92 Å². The van der Waals surface area contributed by atoms with Gasteiger partial charge in [0.25, 0.3) is 5.56 Å². The highest BCUT2D eigenvalue weighted by Crippen LogP contribution is 2.30. The summed E-state index contributed by atoms with van der Waals surface area (Å²) in [6, 6.07) is 0.0263. The fourth-order valence-corrected chi connectivity index (χ4v) is 2.61. The van der Waals surface area contributed by atoms with Crippen LogP contribution < -0.4 is 11.2 Å². The Bertz CT molecular complexity index is 524. The lowest BCUT2D eigenvalue weighted by Gasteiger charge is -2.27. The van der Waals surface area contributed by atoms with Crippen LogP contribution in [0.2, 0.25) is 5.15 Å². The van der Waals surface area contributed by atoms with Crippen molar-refractivity contribution < 1.29 is 0 Å². The first-order chi connectivity index (χ1) is 8.00. The summed E-state index contributed by atoms with van der Waals surface area (Å²) in [7, 11) is 0. The molecule has 1 fully saturated rings. The maximum absolute atomic E-state index is 12.0. The minimum atomic E-state index is -0.384. The van der Waals surface area contributed by atoms with Crippen LogP contribution in [0.25, 0.3) is 0 Å². The fraction of sp³-hybridized carbons (Fsp3) is 0.667. The normalized spacial score (nSPS) is 24.9. The SMILES string of the molecule is Cc1c(Cl)[nH]c(=O)n(C2CCC(C)CC2)c1=O. The molecule has 0 aliphatic heterocycles. The number of hydrogen-bond donors (Lipinski definition) is 1. The molecule has 94 valence electrons. The molecule has 0 atom stereocenters. The van der Waals surface area contributed by atoms with E-state index in [0.717, 1.165) is 25.7 Å². The van der Waals surface area contributed by atoms with Crippen molar-refractivity contribution in [2.45, 2.75) is 45.6 Å². The van der Waals surface area contributed by atoms with Crippen molar-refractivity contribution in [3.05, 3.63) is 31.6 Å². The van der Waals surface area contributed by atoms with Crippen molar-refractivity contribution >= 4 is 11.6 Å². The van der Waals surface area contributed by atoms with Crippen LogP contribution >= 0.6 is 11.6 Å². The van der Waals surface area contributed by atoms with E-state index in [1.165, 1.54) is 4.57 Å². The van der Waals surface area contributed by atoms with E-state index in [-0.39, 0.29) is 22.4 Å². The van der Waals surface area contributed by atoms with E-state index in [1.54, 1.807) is 6.92 Å². The van der Waals surface area contributed by atoms with Crippen molar-refractivity contribution in [3.63, 3.8) is 0 Å². The van der Waals surface area contributed by atoms with Gasteiger partial charge in [0.1, 0.15) is 5.15 Å². The number of H-pyrrole nitrogens is 1. The summed E-state index contributed by atoms with van der Waals surface area (Å²) in [5.41, 5.74) is -0.214. The molecule has 1 aromatic heterocycles. The minimum Gasteiger partial charge on any atom is -0.297 e. The molecule has 0 amide bonds. The van der Waals surface area contributed by atoms with Gasteiger partial charge in [0.05, 0.1) is 0 Å². The molecule has 1 heterocycles. The van der Waals surface area contributed by atoms with Gasteiger partial charge in [0, 0.05) is 11.6 Å². The van der Waals surface area contributed by atoms with E-state index >= 15 is 0 Å². The molecule has 0 spiro atoms. The lowest BCUT2D eigenvalue weighted by Crippen LogP contribution is -2.40. The highest BCUT2D eigenvalue weighted by Gasteiger charge is 2.23. The standard InChI is InChI=1S/C12H17ClN2O2/c1-7-3-5-9(6-4-7)15-11(16)8(2)10(13)14-12(15)17/h7,9H,3-6H2,1-2H3,(H,14,17). The van der Waals surface area contributed by atoms with Gasteiger partial charge in [-0.1, -0.05) is 18.5 Å². The fourth-order valence-electron chi connectivity index (χ4n) is 2.45. The zero-order valence-electron chi connectivity index (χ0n) is 10.1. The van der Waals surface area contributed by atoms with Gasteiger partial charge in [0.15, 0.2) is 0 Å². The van der Waals surface area contributed by atoms with Crippen LogP contribution in [0.15, 0.2) is 9.59 Å². The molecule has 0 aromatic carbocycles. The van der Waals surface area contributed by atoms with Gasteiger partial charge in [0.2, 0.25) is 0 Å². The number of aromatic nitrogens is 2. The molecule has 5 heteroatoms. The van der Waals surface area contributed by atoms with Crippen LogP contribution in [0.4, 0.5) is 0 Å². The monoisotopic (exact) mass is 256 g/mol. The minimum absolute atomic E-state index is 0.0263. The van der Waals surface area contributed by atoms with Crippen molar-refractivity contribution in [3.8, 4) is 0 Å². The molecule has 0 bridgehead atoms. The molecule has 0 radical (unpaired) electrons. The summed E-state index contributed by atoms with van der Waals surface area (Å²) in [6.07, 6.45) is 3.92. The third-order valence-corrected chi connectivity index (χ3v) is 4.03. The molecule has 0 unspecified atom stereocenters. The first-order valence-electron chi connectivity index (χ1n) is 6.01. The van der Waals surface area contributed by atoms with Gasteiger partial charge in [-0.05, 0) is 38.5 Å². The van der Waals surface area contributed by atoms with E-state index < -0.39 is 0 Å². The number of rotatable bonds is 1. The Morgan fingerprint density at radius 1 is 1.24 bits per heavy atom. The van der Waals surface area contributed by atoms with Gasteiger partial charge in [-0.3, -0.25) is 14.3 Å². The lowest BCUT2D eigenvalue weighted by molar-refractivity contribution is 0.278. The van der Waals surface area contributed by atoms with Gasteiger partial charge in [-0.2, -0.15) is 0 Å². The average Bonchev–Trinajstić information content (AvgIpc) is 2.29. The summed E-state index contributed by atoms with van der Waals surface area (Å²) >= 11 is 5.78. The highest BCUT2D eigenvalue weighted by molar-refractivity contribution is 6.30. The molecule has 1 aliphatic carbocycles. The Kier molecular flexibility index (Phi) is 3.43. The summed E-state index contributed by atoms with van der Waals surface area (Å²) in [4.78, 5) is 26.4. The van der Waals surface area contributed by atoms with Crippen LogP contribution in [-0.4, -0.2) is 9.55 Å². The Morgan fingerprint density at radius 2 is 1.82 bits per heavy atom. The smallest absolute Gasteiger partial charge is 0.297 e. The maximum atomic E-state index is 12.0. The van der Waals surface area contributed by atoms with E-state index in [0.29, 0.717) is 11.5 Å². The van der Waals surface area contributed by atoms with E-state index in [2.05, 4.69) is 11.9 Å². The van der Waals surface area contributed by atoms with Crippen LogP contribution in [0.5, 0.6) is 0 Å².